The Kier molecular flexibility index (Phi) is 7.57. The van der Waals surface area contributed by atoms with Crippen LogP contribution in [0.4, 0.5) is 4.39 Å². The van der Waals surface area contributed by atoms with Gasteiger partial charge in [0.15, 0.2) is 5.78 Å². The van der Waals surface area contributed by atoms with E-state index >= 15 is 0 Å². The molecule has 4 unspecified atom stereocenters. The summed E-state index contributed by atoms with van der Waals surface area (Å²) in [6.07, 6.45) is 10.6. The fourth-order valence-electron chi connectivity index (χ4n) is 12.0. The van der Waals surface area contributed by atoms with E-state index in [4.69, 9.17) is 0 Å². The molecule has 6 heteroatoms. The largest absolute Gasteiger partial charge is 0.481 e. The van der Waals surface area contributed by atoms with E-state index in [9.17, 15) is 23.9 Å². The maximum Gasteiger partial charge on any atom is 0.310 e. The molecule has 8 atom stereocenters. The van der Waals surface area contributed by atoms with Crippen LogP contribution in [0.15, 0.2) is 35.9 Å². The molecular formula is C39H54FNO4. The number of carboxylic acid groups (broad SMARTS) is 1. The molecule has 6 rings (SSSR count). The van der Waals surface area contributed by atoms with Crippen LogP contribution in [0.1, 0.15) is 112 Å². The lowest BCUT2D eigenvalue weighted by Gasteiger charge is -2.70. The van der Waals surface area contributed by atoms with Gasteiger partial charge in [0, 0.05) is 12.0 Å². The van der Waals surface area contributed by atoms with Crippen LogP contribution in [-0.2, 0) is 20.8 Å². The predicted molar refractivity (Wildman–Crippen MR) is 174 cm³/mol. The summed E-state index contributed by atoms with van der Waals surface area (Å²) < 4.78 is 13.7. The van der Waals surface area contributed by atoms with Crippen molar-refractivity contribution in [3.8, 4) is 0 Å². The van der Waals surface area contributed by atoms with E-state index in [1.807, 2.05) is 6.07 Å². The number of hydrogen-bond acceptors (Lipinski definition) is 3. The van der Waals surface area contributed by atoms with E-state index in [1.54, 1.807) is 6.07 Å². The fraction of sp³-hybridized carbons (Fsp3) is 0.718. The first-order valence-electron chi connectivity index (χ1n) is 17.4. The minimum absolute atomic E-state index is 0.0448. The van der Waals surface area contributed by atoms with Crippen molar-refractivity contribution < 1.29 is 23.9 Å². The van der Waals surface area contributed by atoms with E-state index in [1.165, 1.54) is 17.7 Å². The molecule has 0 spiro atoms. The Hall–Kier alpha value is -2.50. The standard InChI is InChI=1S/C39H54FNO4/c1-34(2)16-18-39(33(44)45)19-17-37(6)27(28(39)23-34)11-12-30-36(5)22-26(31(42)35(3,4)29(36)13-15-38(30,37)7)32(43)41-20-14-24-9-8-10-25(40)21-24/h8-11,21,26,28-30H,12-20,22-23H2,1-7H3,(H,41,43)(H,44,45)/t26?,28?,29?,30?,36-,37+,38+,39-/m0/s1. The van der Waals surface area contributed by atoms with E-state index in [2.05, 4.69) is 59.9 Å². The normalized spacial score (nSPS) is 41.4. The van der Waals surface area contributed by atoms with Gasteiger partial charge in [-0.2, -0.15) is 0 Å². The summed E-state index contributed by atoms with van der Waals surface area (Å²) in [4.78, 5) is 40.7. The Morgan fingerprint density at radius 2 is 1.67 bits per heavy atom. The number of carboxylic acids is 1. The monoisotopic (exact) mass is 619 g/mol. The van der Waals surface area contributed by atoms with Gasteiger partial charge in [0.25, 0.3) is 0 Å². The van der Waals surface area contributed by atoms with Gasteiger partial charge in [-0.05, 0) is 121 Å². The van der Waals surface area contributed by atoms with Crippen molar-refractivity contribution in [3.05, 3.63) is 47.3 Å². The molecule has 1 aromatic rings. The molecule has 4 fully saturated rings. The molecule has 5 aliphatic carbocycles. The molecule has 4 saturated carbocycles. The van der Waals surface area contributed by atoms with E-state index in [0.29, 0.717) is 25.3 Å². The van der Waals surface area contributed by atoms with Crippen LogP contribution in [0.5, 0.6) is 0 Å². The van der Waals surface area contributed by atoms with Crippen molar-refractivity contribution in [2.45, 2.75) is 113 Å². The zero-order chi connectivity index (χ0) is 32.8. The SMILES string of the molecule is CC1(C)CC[C@]2(C(=O)O)CC[C@]3(C)C(=CCC4[C@@]5(C)CC(C(=O)NCCc6cccc(F)c6)C(=O)C(C)(C)C5CC[C@]43C)C2C1. The van der Waals surface area contributed by atoms with Crippen LogP contribution in [0.3, 0.4) is 0 Å². The number of rotatable bonds is 5. The molecule has 246 valence electrons. The van der Waals surface area contributed by atoms with Crippen molar-refractivity contribution in [2.75, 3.05) is 6.54 Å². The van der Waals surface area contributed by atoms with Gasteiger partial charge in [-0.25, -0.2) is 4.39 Å². The summed E-state index contributed by atoms with van der Waals surface area (Å²) in [6.45, 7) is 16.3. The van der Waals surface area contributed by atoms with Gasteiger partial charge in [0.1, 0.15) is 5.82 Å². The van der Waals surface area contributed by atoms with Crippen LogP contribution in [-0.4, -0.2) is 29.3 Å². The molecule has 0 aromatic heterocycles. The lowest BCUT2D eigenvalue weighted by molar-refractivity contribution is -0.195. The van der Waals surface area contributed by atoms with Gasteiger partial charge in [-0.1, -0.05) is 72.2 Å². The van der Waals surface area contributed by atoms with Crippen LogP contribution < -0.4 is 5.32 Å². The molecular weight excluding hydrogens is 565 g/mol. The molecule has 5 nitrogen and oxygen atoms in total. The highest BCUT2D eigenvalue weighted by Gasteiger charge is 2.70. The third kappa shape index (κ3) is 4.69. The lowest BCUT2D eigenvalue weighted by Crippen LogP contribution is -2.66. The summed E-state index contributed by atoms with van der Waals surface area (Å²) in [5.41, 5.74) is 0.655. The van der Waals surface area contributed by atoms with Gasteiger partial charge in [-0.3, -0.25) is 14.4 Å². The molecule has 1 aromatic carbocycles. The number of allylic oxidation sites excluding steroid dienone is 2. The van der Waals surface area contributed by atoms with Gasteiger partial charge in [0.2, 0.25) is 5.91 Å². The summed E-state index contributed by atoms with van der Waals surface area (Å²) >= 11 is 0. The molecule has 5 aliphatic rings. The number of ketones is 1. The number of benzene rings is 1. The summed E-state index contributed by atoms with van der Waals surface area (Å²) in [7, 11) is 0. The Bertz CT molecular complexity index is 1450. The van der Waals surface area contributed by atoms with Crippen molar-refractivity contribution in [1.29, 1.82) is 0 Å². The number of fused-ring (bicyclic) bond motifs is 7. The summed E-state index contributed by atoms with van der Waals surface area (Å²) in [5.74, 6) is -1.25. The number of amides is 1. The van der Waals surface area contributed by atoms with Crippen LogP contribution in [0, 0.1) is 62.0 Å². The number of nitrogens with one attached hydrogen (secondary N) is 1. The Balaban J connectivity index is 1.31. The highest BCUT2D eigenvalue weighted by molar-refractivity contribution is 6.04. The number of Topliss-reactive ketones (excluding diaryl/α,β-unsaturated/α-hetero) is 1. The topological polar surface area (TPSA) is 83.5 Å². The van der Waals surface area contributed by atoms with E-state index in [0.717, 1.165) is 56.9 Å². The number of carbonyl (C=O) groups excluding carboxylic acids is 2. The number of carbonyl (C=O) groups is 3. The second-order valence-electron chi connectivity index (χ2n) is 17.7. The van der Waals surface area contributed by atoms with Crippen molar-refractivity contribution in [2.24, 2.45) is 56.2 Å². The van der Waals surface area contributed by atoms with E-state index in [-0.39, 0.29) is 51.0 Å². The average Bonchev–Trinajstić information content (AvgIpc) is 2.95. The second-order valence-corrected chi connectivity index (χ2v) is 17.7. The van der Waals surface area contributed by atoms with Gasteiger partial charge in [-0.15, -0.1) is 0 Å². The summed E-state index contributed by atoms with van der Waals surface area (Å²) in [6, 6.07) is 6.43. The third-order valence-electron chi connectivity index (χ3n) is 14.7. The van der Waals surface area contributed by atoms with Gasteiger partial charge >= 0.3 is 5.97 Å². The van der Waals surface area contributed by atoms with Crippen LogP contribution >= 0.6 is 0 Å². The average molecular weight is 620 g/mol. The molecule has 2 N–H and O–H groups in total. The molecule has 0 bridgehead atoms. The number of aliphatic carboxylic acids is 1. The highest BCUT2D eigenvalue weighted by Crippen LogP contribution is 2.75. The second kappa shape index (κ2) is 10.5. The number of hydrogen-bond donors (Lipinski definition) is 2. The van der Waals surface area contributed by atoms with E-state index < -0.39 is 22.7 Å². The van der Waals surface area contributed by atoms with Gasteiger partial charge < -0.3 is 10.4 Å². The predicted octanol–water partition coefficient (Wildman–Crippen LogP) is 8.17. The van der Waals surface area contributed by atoms with Crippen LogP contribution in [0.25, 0.3) is 0 Å². The first-order chi connectivity index (χ1) is 20.9. The Morgan fingerprint density at radius 1 is 0.956 bits per heavy atom. The minimum Gasteiger partial charge on any atom is -0.481 e. The zero-order valence-corrected chi connectivity index (χ0v) is 28.5. The lowest BCUT2D eigenvalue weighted by atomic mass is 9.33. The number of halogens is 1. The fourth-order valence-corrected chi connectivity index (χ4v) is 12.0. The van der Waals surface area contributed by atoms with Crippen LogP contribution in [0.2, 0.25) is 0 Å². The smallest absolute Gasteiger partial charge is 0.310 e. The summed E-state index contributed by atoms with van der Waals surface area (Å²) in [5, 5.41) is 13.7. The molecule has 0 saturated heterocycles. The molecule has 0 heterocycles. The van der Waals surface area contributed by atoms with Crippen molar-refractivity contribution >= 4 is 17.7 Å². The molecule has 0 aliphatic heterocycles. The minimum atomic E-state index is -0.709. The quantitative estimate of drug-likeness (QED) is 0.257. The highest BCUT2D eigenvalue weighted by atomic mass is 19.1. The first-order valence-corrected chi connectivity index (χ1v) is 17.4. The molecule has 0 radical (unpaired) electrons. The maximum absolute atomic E-state index is 14.0. The van der Waals surface area contributed by atoms with Gasteiger partial charge in [0.05, 0.1) is 11.3 Å². The maximum atomic E-state index is 14.0. The van der Waals surface area contributed by atoms with Crippen molar-refractivity contribution in [3.63, 3.8) is 0 Å². The first kappa shape index (κ1) is 32.4. The molecule has 45 heavy (non-hydrogen) atoms. The Labute approximate surface area is 269 Å². The molecule has 1 amide bonds. The Morgan fingerprint density at radius 3 is 2.36 bits per heavy atom. The third-order valence-corrected chi connectivity index (χ3v) is 14.7. The zero-order valence-electron chi connectivity index (χ0n) is 28.5. The van der Waals surface area contributed by atoms with Crippen molar-refractivity contribution in [1.82, 2.24) is 5.32 Å².